The molecular formula is C19H16ClN5O. The van der Waals surface area contributed by atoms with E-state index in [0.29, 0.717) is 17.4 Å². The van der Waals surface area contributed by atoms with Gasteiger partial charge >= 0.3 is 0 Å². The van der Waals surface area contributed by atoms with E-state index in [0.717, 1.165) is 5.56 Å². The van der Waals surface area contributed by atoms with E-state index in [1.165, 1.54) is 15.5 Å². The van der Waals surface area contributed by atoms with Gasteiger partial charge in [-0.25, -0.2) is 0 Å². The summed E-state index contributed by atoms with van der Waals surface area (Å²) in [5.41, 5.74) is 1.34. The van der Waals surface area contributed by atoms with Gasteiger partial charge in [0, 0.05) is 25.5 Å². The number of benzene rings is 2. The maximum Gasteiger partial charge on any atom is 0.278 e. The zero-order valence-corrected chi connectivity index (χ0v) is 14.8. The molecule has 4 rings (SSSR count). The van der Waals surface area contributed by atoms with Crippen molar-refractivity contribution in [1.29, 1.82) is 0 Å². The van der Waals surface area contributed by atoms with Crippen molar-refractivity contribution in [3.8, 4) is 0 Å². The van der Waals surface area contributed by atoms with Crippen LogP contribution in [0, 0.1) is 0 Å². The van der Waals surface area contributed by atoms with E-state index in [9.17, 15) is 4.79 Å². The van der Waals surface area contributed by atoms with Gasteiger partial charge in [0.15, 0.2) is 11.5 Å². The van der Waals surface area contributed by atoms with E-state index in [4.69, 9.17) is 11.6 Å². The summed E-state index contributed by atoms with van der Waals surface area (Å²) in [7, 11) is 1.71. The normalized spacial score (nSPS) is 11.0. The maximum absolute atomic E-state index is 12.3. The lowest BCUT2D eigenvalue weighted by Crippen LogP contribution is -2.14. The SMILES string of the molecule is Cn1cc(Cl)c(C(=O)Nc2ccn(Cc3cccc4ccccc34)n2)n1. The number of fused-ring (bicyclic) bond motifs is 1. The Morgan fingerprint density at radius 3 is 2.73 bits per heavy atom. The van der Waals surface area contributed by atoms with E-state index in [-0.39, 0.29) is 11.6 Å². The van der Waals surface area contributed by atoms with Crippen molar-refractivity contribution in [1.82, 2.24) is 19.6 Å². The van der Waals surface area contributed by atoms with Crippen molar-refractivity contribution >= 4 is 34.1 Å². The van der Waals surface area contributed by atoms with Gasteiger partial charge < -0.3 is 5.32 Å². The zero-order valence-electron chi connectivity index (χ0n) is 14.1. The number of halogens is 1. The minimum Gasteiger partial charge on any atom is -0.304 e. The van der Waals surface area contributed by atoms with Crippen LogP contribution in [0.15, 0.2) is 60.9 Å². The summed E-state index contributed by atoms with van der Waals surface area (Å²) < 4.78 is 3.29. The largest absolute Gasteiger partial charge is 0.304 e. The molecule has 2 aromatic heterocycles. The summed E-state index contributed by atoms with van der Waals surface area (Å²) in [6, 6.07) is 16.2. The van der Waals surface area contributed by atoms with Crippen molar-refractivity contribution < 1.29 is 4.79 Å². The first-order valence-corrected chi connectivity index (χ1v) is 8.48. The molecule has 0 saturated heterocycles. The van der Waals surface area contributed by atoms with Gasteiger partial charge in [-0.05, 0) is 16.3 Å². The molecule has 0 aliphatic carbocycles. The highest BCUT2D eigenvalue weighted by molar-refractivity contribution is 6.34. The lowest BCUT2D eigenvalue weighted by molar-refractivity contribution is 0.102. The molecule has 0 atom stereocenters. The smallest absolute Gasteiger partial charge is 0.278 e. The highest BCUT2D eigenvalue weighted by Crippen LogP contribution is 2.20. The minimum absolute atomic E-state index is 0.178. The number of rotatable bonds is 4. The second kappa shape index (κ2) is 6.65. The third-order valence-corrected chi connectivity index (χ3v) is 4.37. The van der Waals surface area contributed by atoms with E-state index < -0.39 is 0 Å². The first-order valence-electron chi connectivity index (χ1n) is 8.11. The molecule has 0 saturated carbocycles. The van der Waals surface area contributed by atoms with Gasteiger partial charge in [0.25, 0.3) is 5.91 Å². The van der Waals surface area contributed by atoms with Crippen LogP contribution in [0.1, 0.15) is 16.1 Å². The molecular weight excluding hydrogens is 350 g/mol. The van der Waals surface area contributed by atoms with E-state index in [1.807, 2.05) is 24.4 Å². The topological polar surface area (TPSA) is 64.7 Å². The minimum atomic E-state index is -0.383. The number of anilines is 1. The summed E-state index contributed by atoms with van der Waals surface area (Å²) in [6.45, 7) is 0.613. The lowest BCUT2D eigenvalue weighted by Gasteiger charge is -2.07. The van der Waals surface area contributed by atoms with Gasteiger partial charge in [-0.15, -0.1) is 0 Å². The van der Waals surface area contributed by atoms with E-state index in [1.54, 1.807) is 24.0 Å². The van der Waals surface area contributed by atoms with Crippen LogP contribution < -0.4 is 5.32 Å². The van der Waals surface area contributed by atoms with Crippen molar-refractivity contribution in [3.63, 3.8) is 0 Å². The van der Waals surface area contributed by atoms with Crippen molar-refractivity contribution in [2.24, 2.45) is 7.05 Å². The molecule has 130 valence electrons. The molecule has 0 spiro atoms. The summed E-state index contributed by atoms with van der Waals surface area (Å²) in [6.07, 6.45) is 3.41. The monoisotopic (exact) mass is 365 g/mol. The predicted molar refractivity (Wildman–Crippen MR) is 101 cm³/mol. The Morgan fingerprint density at radius 1 is 1.12 bits per heavy atom. The Labute approximate surface area is 155 Å². The standard InChI is InChI=1S/C19H16ClN5O/c1-24-12-16(20)18(23-24)19(26)21-17-9-10-25(22-17)11-14-7-4-6-13-5-2-3-8-15(13)14/h2-10,12H,11H2,1H3,(H,21,22,26). The third-order valence-electron chi connectivity index (χ3n) is 4.09. The second-order valence-electron chi connectivity index (χ2n) is 5.99. The van der Waals surface area contributed by atoms with Crippen LogP contribution in [0.2, 0.25) is 5.02 Å². The molecule has 0 aliphatic heterocycles. The molecule has 2 heterocycles. The van der Waals surface area contributed by atoms with Crippen LogP contribution in [0.5, 0.6) is 0 Å². The maximum atomic E-state index is 12.3. The van der Waals surface area contributed by atoms with E-state index in [2.05, 4.69) is 39.8 Å². The molecule has 4 aromatic rings. The molecule has 2 aromatic carbocycles. The number of carbonyl (C=O) groups excluding carboxylic acids is 1. The van der Waals surface area contributed by atoms with Crippen molar-refractivity contribution in [2.45, 2.75) is 6.54 Å². The fraction of sp³-hybridized carbons (Fsp3) is 0.105. The zero-order chi connectivity index (χ0) is 18.1. The number of aryl methyl sites for hydroxylation is 1. The molecule has 26 heavy (non-hydrogen) atoms. The Balaban J connectivity index is 1.53. The number of carbonyl (C=O) groups is 1. The van der Waals surface area contributed by atoms with Gasteiger partial charge in [-0.2, -0.15) is 10.2 Å². The molecule has 0 radical (unpaired) electrons. The number of hydrogen-bond donors (Lipinski definition) is 1. The van der Waals surface area contributed by atoms with Gasteiger partial charge in [-0.3, -0.25) is 14.2 Å². The Hall–Kier alpha value is -3.12. The molecule has 7 heteroatoms. The highest BCUT2D eigenvalue weighted by Gasteiger charge is 2.16. The lowest BCUT2D eigenvalue weighted by atomic mass is 10.0. The summed E-state index contributed by atoms with van der Waals surface area (Å²) >= 11 is 6.00. The molecule has 0 bridgehead atoms. The van der Waals surface area contributed by atoms with Crippen LogP contribution in [0.25, 0.3) is 10.8 Å². The van der Waals surface area contributed by atoms with Crippen LogP contribution in [-0.4, -0.2) is 25.5 Å². The Bertz CT molecular complexity index is 1090. The van der Waals surface area contributed by atoms with Crippen molar-refractivity contribution in [2.75, 3.05) is 5.32 Å². The average molecular weight is 366 g/mol. The second-order valence-corrected chi connectivity index (χ2v) is 6.40. The summed E-state index contributed by atoms with van der Waals surface area (Å²) in [4.78, 5) is 12.3. The number of aromatic nitrogens is 4. The molecule has 0 fully saturated rings. The predicted octanol–water partition coefficient (Wildman–Crippen LogP) is 3.72. The van der Waals surface area contributed by atoms with Gasteiger partial charge in [0.05, 0.1) is 11.6 Å². The van der Waals surface area contributed by atoms with Crippen LogP contribution in [0.3, 0.4) is 0 Å². The number of amides is 1. The summed E-state index contributed by atoms with van der Waals surface area (Å²) in [5, 5.41) is 13.9. The summed E-state index contributed by atoms with van der Waals surface area (Å²) in [5.74, 6) is 0.0722. The van der Waals surface area contributed by atoms with Gasteiger partial charge in [-0.1, -0.05) is 54.1 Å². The third kappa shape index (κ3) is 3.19. The number of nitrogens with one attached hydrogen (secondary N) is 1. The molecule has 1 amide bonds. The molecule has 0 unspecified atom stereocenters. The molecule has 6 nitrogen and oxygen atoms in total. The Morgan fingerprint density at radius 2 is 1.92 bits per heavy atom. The van der Waals surface area contributed by atoms with Crippen LogP contribution in [-0.2, 0) is 13.6 Å². The highest BCUT2D eigenvalue weighted by atomic mass is 35.5. The average Bonchev–Trinajstić information content (AvgIpc) is 3.21. The fourth-order valence-electron chi connectivity index (χ4n) is 2.91. The first kappa shape index (κ1) is 16.4. The number of nitrogens with zero attached hydrogens (tertiary/aromatic N) is 4. The fourth-order valence-corrected chi connectivity index (χ4v) is 3.18. The number of hydrogen-bond acceptors (Lipinski definition) is 3. The van der Waals surface area contributed by atoms with Gasteiger partial charge in [0.2, 0.25) is 0 Å². The van der Waals surface area contributed by atoms with Gasteiger partial charge in [0.1, 0.15) is 0 Å². The molecule has 1 N–H and O–H groups in total. The van der Waals surface area contributed by atoms with Crippen LogP contribution in [0.4, 0.5) is 5.82 Å². The Kier molecular flexibility index (Phi) is 4.18. The van der Waals surface area contributed by atoms with Crippen LogP contribution >= 0.6 is 11.6 Å². The molecule has 0 aliphatic rings. The first-order chi connectivity index (χ1) is 12.6. The van der Waals surface area contributed by atoms with Crippen molar-refractivity contribution in [3.05, 3.63) is 77.2 Å². The quantitative estimate of drug-likeness (QED) is 0.599. The van der Waals surface area contributed by atoms with E-state index >= 15 is 0 Å².